The summed E-state index contributed by atoms with van der Waals surface area (Å²) in [5, 5.41) is 2.83. The van der Waals surface area contributed by atoms with Crippen LogP contribution in [-0.2, 0) is 22.1 Å². The van der Waals surface area contributed by atoms with Gasteiger partial charge in [0.1, 0.15) is 17.5 Å². The summed E-state index contributed by atoms with van der Waals surface area (Å²) in [7, 11) is 0. The summed E-state index contributed by atoms with van der Waals surface area (Å²) >= 11 is 0. The Bertz CT molecular complexity index is 928. The van der Waals surface area contributed by atoms with Gasteiger partial charge in [0.15, 0.2) is 0 Å². The van der Waals surface area contributed by atoms with Crippen LogP contribution in [0.1, 0.15) is 30.8 Å². The predicted molar refractivity (Wildman–Crippen MR) is 116 cm³/mol. The summed E-state index contributed by atoms with van der Waals surface area (Å²) in [5.74, 6) is 1.43. The number of fused-ring (bicyclic) bond motifs is 1. The minimum Gasteiger partial charge on any atom is -0.489 e. The van der Waals surface area contributed by atoms with E-state index in [2.05, 4.69) is 41.2 Å². The van der Waals surface area contributed by atoms with Gasteiger partial charge in [-0.15, -0.1) is 0 Å². The van der Waals surface area contributed by atoms with Gasteiger partial charge < -0.3 is 19.7 Å². The van der Waals surface area contributed by atoms with Gasteiger partial charge in [-0.25, -0.2) is 4.98 Å². The third-order valence-electron chi connectivity index (χ3n) is 5.37. The Morgan fingerprint density at radius 2 is 1.94 bits per heavy atom. The molecule has 0 bridgehead atoms. The molecule has 2 aliphatic rings. The van der Waals surface area contributed by atoms with Gasteiger partial charge in [-0.3, -0.25) is 4.79 Å². The molecule has 0 aliphatic carbocycles. The molecule has 1 saturated heterocycles. The van der Waals surface area contributed by atoms with Crippen LogP contribution < -0.4 is 15.0 Å². The maximum Gasteiger partial charge on any atom is 0.433 e. The van der Waals surface area contributed by atoms with Crippen LogP contribution in [-0.4, -0.2) is 43.8 Å². The summed E-state index contributed by atoms with van der Waals surface area (Å²) in [4.78, 5) is 16.5. The zero-order valence-corrected chi connectivity index (χ0v) is 18.4. The molecule has 1 fully saturated rings. The van der Waals surface area contributed by atoms with E-state index >= 15 is 0 Å². The van der Waals surface area contributed by atoms with Crippen LogP contribution in [0.25, 0.3) is 0 Å². The summed E-state index contributed by atoms with van der Waals surface area (Å²) in [5.41, 5.74) is 2.60. The molecule has 0 spiro atoms. The van der Waals surface area contributed by atoms with Crippen LogP contribution in [0.5, 0.6) is 5.75 Å². The number of pyridine rings is 1. The van der Waals surface area contributed by atoms with E-state index in [4.69, 9.17) is 9.47 Å². The number of amides is 1. The molecule has 1 unspecified atom stereocenters. The second-order valence-corrected chi connectivity index (χ2v) is 8.11. The molecule has 1 aromatic carbocycles. The summed E-state index contributed by atoms with van der Waals surface area (Å²) in [6.07, 6.45) is -2.46. The van der Waals surface area contributed by atoms with Crippen molar-refractivity contribution < 1.29 is 27.4 Å². The van der Waals surface area contributed by atoms with Gasteiger partial charge in [0, 0.05) is 36.8 Å². The van der Waals surface area contributed by atoms with E-state index in [1.165, 1.54) is 24.6 Å². The first kappa shape index (κ1) is 23.8. The first-order valence-corrected chi connectivity index (χ1v) is 10.6. The lowest BCUT2D eigenvalue weighted by molar-refractivity contribution is -0.141. The molecule has 0 radical (unpaired) electrons. The Balaban J connectivity index is 0.000000222. The lowest BCUT2D eigenvalue weighted by Crippen LogP contribution is -2.36. The zero-order valence-electron chi connectivity index (χ0n) is 18.4. The van der Waals surface area contributed by atoms with Gasteiger partial charge in [-0.1, -0.05) is 19.9 Å². The van der Waals surface area contributed by atoms with Gasteiger partial charge in [-0.2, -0.15) is 13.2 Å². The highest BCUT2D eigenvalue weighted by Crippen LogP contribution is 2.39. The Labute approximate surface area is 185 Å². The molecule has 2 aliphatic heterocycles. The largest absolute Gasteiger partial charge is 0.489 e. The number of morpholine rings is 1. The Hall–Kier alpha value is -2.81. The lowest BCUT2D eigenvalue weighted by Gasteiger charge is -2.30. The number of aryl methyl sites for hydroxylation is 1. The fourth-order valence-electron chi connectivity index (χ4n) is 3.62. The smallest absolute Gasteiger partial charge is 0.433 e. The fraction of sp³-hybridized carbons (Fsp3) is 0.478. The number of hydrogen-bond acceptors (Lipinski definition) is 5. The van der Waals surface area contributed by atoms with Crippen molar-refractivity contribution in [3.63, 3.8) is 0 Å². The average molecular weight is 451 g/mol. The number of carbonyl (C=O) groups excluding carboxylic acids is 1. The average Bonchev–Trinajstić information content (AvgIpc) is 3.17. The van der Waals surface area contributed by atoms with Crippen molar-refractivity contribution in [2.75, 3.05) is 36.5 Å². The molecule has 32 heavy (non-hydrogen) atoms. The molecule has 4 rings (SSSR count). The number of alkyl halides is 3. The van der Waals surface area contributed by atoms with E-state index in [0.717, 1.165) is 49.1 Å². The highest BCUT2D eigenvalue weighted by Gasteiger charge is 2.32. The van der Waals surface area contributed by atoms with Crippen molar-refractivity contribution in [2.24, 2.45) is 5.92 Å². The van der Waals surface area contributed by atoms with Crippen LogP contribution in [0.3, 0.4) is 0 Å². The minimum absolute atomic E-state index is 0.226. The highest BCUT2D eigenvalue weighted by molar-refractivity contribution is 5.83. The van der Waals surface area contributed by atoms with Crippen LogP contribution in [0.4, 0.5) is 24.5 Å². The minimum atomic E-state index is -4.33. The number of anilines is 2. The molecule has 0 saturated carbocycles. The van der Waals surface area contributed by atoms with Gasteiger partial charge in [-0.05, 0) is 31.0 Å². The lowest BCUT2D eigenvalue weighted by atomic mass is 10.0. The molecule has 1 amide bonds. The second-order valence-electron chi connectivity index (χ2n) is 8.11. The second kappa shape index (κ2) is 10.2. The number of benzene rings is 1. The van der Waals surface area contributed by atoms with Crippen LogP contribution in [0.2, 0.25) is 0 Å². The number of halogens is 3. The summed E-state index contributed by atoms with van der Waals surface area (Å²) in [6.45, 7) is 8.96. The van der Waals surface area contributed by atoms with Crippen molar-refractivity contribution in [3.05, 3.63) is 47.3 Å². The predicted octanol–water partition coefficient (Wildman–Crippen LogP) is 4.46. The highest BCUT2D eigenvalue weighted by atomic mass is 19.4. The number of carbonyl (C=O) groups is 1. The first-order valence-electron chi connectivity index (χ1n) is 10.6. The Morgan fingerprint density at radius 1 is 1.22 bits per heavy atom. The van der Waals surface area contributed by atoms with Gasteiger partial charge >= 0.3 is 6.18 Å². The number of nitrogens with zero attached hydrogens (tertiary/aromatic N) is 2. The van der Waals surface area contributed by atoms with E-state index in [1.54, 1.807) is 0 Å². The normalized spacial score (nSPS) is 17.8. The monoisotopic (exact) mass is 451 g/mol. The van der Waals surface area contributed by atoms with Gasteiger partial charge in [0.25, 0.3) is 0 Å². The van der Waals surface area contributed by atoms with E-state index < -0.39 is 11.9 Å². The number of nitrogens with one attached hydrogen (secondary N) is 1. The van der Waals surface area contributed by atoms with E-state index in [1.807, 2.05) is 0 Å². The number of ether oxygens (including phenoxy) is 2. The number of rotatable bonds is 4. The summed E-state index contributed by atoms with van der Waals surface area (Å²) in [6, 6.07) is 7.93. The van der Waals surface area contributed by atoms with E-state index in [-0.39, 0.29) is 6.10 Å². The standard InChI is InChI=1S/C16H22N2O3.C7H6F3N/c1-11(2)15-8-12-7-13(17-10-19)14(9-16(12)21-15)18-3-5-20-6-4-18;1-5-3-2-4-6(11-5)7(8,9)10/h7,9-11,15H,3-6,8H2,1-2H3,(H,17,19);2-4H,1H3. The van der Waals surface area contributed by atoms with Crippen molar-refractivity contribution in [2.45, 2.75) is 39.5 Å². The van der Waals surface area contributed by atoms with Crippen LogP contribution >= 0.6 is 0 Å². The topological polar surface area (TPSA) is 63.7 Å². The van der Waals surface area contributed by atoms with Gasteiger partial charge in [0.2, 0.25) is 6.41 Å². The van der Waals surface area contributed by atoms with Crippen molar-refractivity contribution in [3.8, 4) is 5.75 Å². The molecule has 1 aromatic heterocycles. The SMILES string of the molecule is CC(C)C1Cc2cc(NC=O)c(N3CCOCC3)cc2O1.Cc1cccc(C(F)(F)F)n1. The molecular weight excluding hydrogens is 423 g/mol. The summed E-state index contributed by atoms with van der Waals surface area (Å²) < 4.78 is 47.2. The molecule has 2 aromatic rings. The van der Waals surface area contributed by atoms with Gasteiger partial charge in [0.05, 0.1) is 24.6 Å². The maximum atomic E-state index is 11.9. The molecule has 174 valence electrons. The zero-order chi connectivity index (χ0) is 23.3. The van der Waals surface area contributed by atoms with E-state index in [9.17, 15) is 18.0 Å². The molecule has 1 atom stereocenters. The van der Waals surface area contributed by atoms with Crippen molar-refractivity contribution >= 4 is 17.8 Å². The quantitative estimate of drug-likeness (QED) is 0.696. The molecule has 6 nitrogen and oxygen atoms in total. The molecule has 9 heteroatoms. The van der Waals surface area contributed by atoms with Crippen molar-refractivity contribution in [1.29, 1.82) is 0 Å². The third kappa shape index (κ3) is 5.91. The Kier molecular flexibility index (Phi) is 7.60. The first-order chi connectivity index (χ1) is 15.2. The third-order valence-corrected chi connectivity index (χ3v) is 5.37. The molecule has 3 heterocycles. The maximum absolute atomic E-state index is 11.9. The van der Waals surface area contributed by atoms with Crippen LogP contribution in [0, 0.1) is 12.8 Å². The Morgan fingerprint density at radius 3 is 2.50 bits per heavy atom. The number of hydrogen-bond donors (Lipinski definition) is 1. The number of aromatic nitrogens is 1. The molecule has 1 N–H and O–H groups in total. The van der Waals surface area contributed by atoms with Crippen molar-refractivity contribution in [1.82, 2.24) is 4.98 Å². The molecular formula is C23H28F3N3O3. The van der Waals surface area contributed by atoms with Crippen LogP contribution in [0.15, 0.2) is 30.3 Å². The van der Waals surface area contributed by atoms with E-state index in [0.29, 0.717) is 24.8 Å². The fourth-order valence-corrected chi connectivity index (χ4v) is 3.62.